The molecule has 6 aromatic carbocycles. The van der Waals surface area contributed by atoms with Gasteiger partial charge in [0.05, 0.1) is 23.2 Å². The molecule has 2 amide bonds. The van der Waals surface area contributed by atoms with E-state index in [2.05, 4.69) is 10.6 Å². The molecule has 0 saturated carbocycles. The Kier molecular flexibility index (Phi) is 23.0. The largest absolute Gasteiger partial charge is 0.459 e. The van der Waals surface area contributed by atoms with E-state index in [1.165, 1.54) is 6.92 Å². The Bertz CT molecular complexity index is 3230. The minimum atomic E-state index is -1.35. The van der Waals surface area contributed by atoms with Gasteiger partial charge >= 0.3 is 36.1 Å². The van der Waals surface area contributed by atoms with Gasteiger partial charge in [0.1, 0.15) is 44.7 Å². The maximum absolute atomic E-state index is 13.9. The monoisotopic (exact) mass is 1190 g/mol. The molecule has 0 aromatic heterocycles. The minimum Gasteiger partial charge on any atom is -0.459 e. The molecule has 10 atom stereocenters. The number of carbonyl (C=O) groups excluding carboxylic acids is 8. The van der Waals surface area contributed by atoms with Crippen LogP contribution >= 0.6 is 0 Å². The maximum Gasteiger partial charge on any atom is 0.408 e. The predicted molar refractivity (Wildman–Crippen MR) is 312 cm³/mol. The van der Waals surface area contributed by atoms with E-state index in [1.807, 2.05) is 115 Å². The lowest BCUT2D eigenvalue weighted by Gasteiger charge is -2.26. The molecule has 0 bridgehead atoms. The zero-order valence-corrected chi connectivity index (χ0v) is 48.6. The van der Waals surface area contributed by atoms with Gasteiger partial charge in [-0.2, -0.15) is 0 Å². The van der Waals surface area contributed by atoms with Crippen molar-refractivity contribution in [1.29, 1.82) is 0 Å². The zero-order valence-electron chi connectivity index (χ0n) is 48.6. The molecule has 20 nitrogen and oxygen atoms in total. The second-order valence-electron chi connectivity index (χ2n) is 21.4. The van der Waals surface area contributed by atoms with Crippen molar-refractivity contribution in [2.75, 3.05) is 13.2 Å². The SMILES string of the molecule is CC(=O)OC1[C@@H](OC(C)=O)O[C@H](COC(=O)c2ccccc2)[C@@H]1CC(=O)[C@H](Cc1ccccc1)NC(=O)OCc1ccccc1.CC1(C)OC2[C@H](O[C@H](COC(=O)c3ccccc3)[C@@H]2CC(=O)[C@H](Cc2ccccc2)NC(=O)OCc2ccccc2)O1. The van der Waals surface area contributed by atoms with Crippen molar-refractivity contribution in [2.24, 2.45) is 11.8 Å². The molecule has 3 aliphatic rings. The second kappa shape index (κ2) is 31.4. The molecule has 456 valence electrons. The first-order valence-electron chi connectivity index (χ1n) is 28.5. The van der Waals surface area contributed by atoms with Crippen LogP contribution in [0.15, 0.2) is 182 Å². The van der Waals surface area contributed by atoms with E-state index in [4.69, 9.17) is 47.4 Å². The van der Waals surface area contributed by atoms with Crippen LogP contribution in [0.2, 0.25) is 0 Å². The first-order chi connectivity index (χ1) is 42.0. The first-order valence-corrected chi connectivity index (χ1v) is 28.5. The number of hydrogen-bond acceptors (Lipinski definition) is 18. The number of carbonyl (C=O) groups is 8. The highest BCUT2D eigenvalue weighted by atomic mass is 16.8. The van der Waals surface area contributed by atoms with Gasteiger partial charge < -0.3 is 58.0 Å². The highest BCUT2D eigenvalue weighted by Crippen LogP contribution is 2.43. The van der Waals surface area contributed by atoms with Crippen LogP contribution in [0.1, 0.15) is 83.5 Å². The van der Waals surface area contributed by atoms with Gasteiger partial charge in [-0.05, 0) is 73.2 Å². The van der Waals surface area contributed by atoms with E-state index in [0.717, 1.165) is 29.2 Å². The topological polar surface area (TPSA) is 253 Å². The lowest BCUT2D eigenvalue weighted by molar-refractivity contribution is -0.213. The highest BCUT2D eigenvalue weighted by molar-refractivity contribution is 5.91. The van der Waals surface area contributed by atoms with E-state index in [-0.39, 0.29) is 57.9 Å². The molecular formula is C67H70N2O18. The summed E-state index contributed by atoms with van der Waals surface area (Å²) >= 11 is 0. The third-order valence-electron chi connectivity index (χ3n) is 14.4. The molecule has 3 fully saturated rings. The van der Waals surface area contributed by atoms with E-state index in [1.54, 1.807) is 80.6 Å². The fourth-order valence-electron chi connectivity index (χ4n) is 10.2. The molecular weight excluding hydrogens is 1120 g/mol. The summed E-state index contributed by atoms with van der Waals surface area (Å²) in [6.45, 7) is 5.57. The van der Waals surface area contributed by atoms with Crippen molar-refractivity contribution >= 4 is 47.6 Å². The van der Waals surface area contributed by atoms with Crippen LogP contribution in [0.3, 0.4) is 0 Å². The van der Waals surface area contributed by atoms with Crippen molar-refractivity contribution < 1.29 is 85.7 Å². The zero-order chi connectivity index (χ0) is 61.7. The molecule has 2 N–H and O–H groups in total. The Labute approximate surface area is 504 Å². The summed E-state index contributed by atoms with van der Waals surface area (Å²) in [7, 11) is 0. The van der Waals surface area contributed by atoms with Crippen LogP contribution in [-0.4, -0.2) is 116 Å². The van der Waals surface area contributed by atoms with E-state index in [0.29, 0.717) is 11.1 Å². The predicted octanol–water partition coefficient (Wildman–Crippen LogP) is 9.01. The van der Waals surface area contributed by atoms with E-state index in [9.17, 15) is 38.4 Å². The molecule has 3 aliphatic heterocycles. The van der Waals surface area contributed by atoms with Gasteiger partial charge in [-0.15, -0.1) is 0 Å². The van der Waals surface area contributed by atoms with Crippen molar-refractivity contribution in [3.8, 4) is 0 Å². The Morgan fingerprint density at radius 3 is 1.25 bits per heavy atom. The number of esters is 4. The van der Waals surface area contributed by atoms with Crippen molar-refractivity contribution in [3.05, 3.63) is 215 Å². The summed E-state index contributed by atoms with van der Waals surface area (Å²) < 4.78 is 56.6. The summed E-state index contributed by atoms with van der Waals surface area (Å²) in [5.74, 6) is -5.44. The number of hydrogen-bond donors (Lipinski definition) is 2. The molecule has 87 heavy (non-hydrogen) atoms. The van der Waals surface area contributed by atoms with Gasteiger partial charge in [0.2, 0.25) is 6.29 Å². The van der Waals surface area contributed by atoms with E-state index >= 15 is 0 Å². The van der Waals surface area contributed by atoms with Crippen LogP contribution in [0, 0.1) is 11.8 Å². The van der Waals surface area contributed by atoms with Gasteiger partial charge in [-0.3, -0.25) is 19.2 Å². The van der Waals surface area contributed by atoms with Crippen LogP contribution in [-0.2, 0) is 92.6 Å². The summed E-state index contributed by atoms with van der Waals surface area (Å²) in [6, 6.07) is 52.0. The quantitative estimate of drug-likeness (QED) is 0.0423. The van der Waals surface area contributed by atoms with E-state index < -0.39 is 109 Å². The number of rotatable bonds is 24. The lowest BCUT2D eigenvalue weighted by Crippen LogP contribution is -2.45. The number of alkyl carbamates (subject to hydrolysis) is 2. The summed E-state index contributed by atoms with van der Waals surface area (Å²) in [5.41, 5.74) is 3.99. The second-order valence-corrected chi connectivity index (χ2v) is 21.4. The van der Waals surface area contributed by atoms with Gasteiger partial charge in [-0.25, -0.2) is 19.2 Å². The Morgan fingerprint density at radius 2 is 0.839 bits per heavy atom. The lowest BCUT2D eigenvalue weighted by atomic mass is 9.89. The smallest absolute Gasteiger partial charge is 0.408 e. The Hall–Kier alpha value is -9.08. The summed E-state index contributed by atoms with van der Waals surface area (Å²) in [4.78, 5) is 103. The molecule has 3 saturated heterocycles. The number of fused-ring (bicyclic) bond motifs is 1. The third kappa shape index (κ3) is 19.5. The van der Waals surface area contributed by atoms with Crippen molar-refractivity contribution in [1.82, 2.24) is 10.6 Å². The fraction of sp³-hybridized carbons (Fsp3) is 0.343. The van der Waals surface area contributed by atoms with Crippen LogP contribution in [0.25, 0.3) is 0 Å². The molecule has 0 aliphatic carbocycles. The van der Waals surface area contributed by atoms with Gasteiger partial charge in [0.25, 0.3) is 0 Å². The number of Topliss-reactive ketones (excluding diaryl/α,β-unsaturated/α-hetero) is 2. The molecule has 9 rings (SSSR count). The molecule has 0 radical (unpaired) electrons. The average molecular weight is 1190 g/mol. The molecule has 3 heterocycles. The minimum absolute atomic E-state index is 0.00281. The van der Waals surface area contributed by atoms with Crippen molar-refractivity contribution in [2.45, 2.75) is 121 Å². The molecule has 0 spiro atoms. The molecule has 20 heteroatoms. The summed E-state index contributed by atoms with van der Waals surface area (Å²) in [6.07, 6.45) is -6.76. The number of amides is 2. The number of ether oxygens (including phenoxy) is 10. The van der Waals surface area contributed by atoms with Gasteiger partial charge in [0, 0.05) is 38.5 Å². The number of ketones is 2. The van der Waals surface area contributed by atoms with Crippen LogP contribution in [0.4, 0.5) is 9.59 Å². The summed E-state index contributed by atoms with van der Waals surface area (Å²) in [5, 5.41) is 5.43. The van der Waals surface area contributed by atoms with Gasteiger partial charge in [-0.1, -0.05) is 158 Å². The molecule has 6 aromatic rings. The Balaban J connectivity index is 0.000000226. The number of nitrogens with one attached hydrogen (secondary N) is 2. The van der Waals surface area contributed by atoms with Gasteiger partial charge in [0.15, 0.2) is 29.7 Å². The van der Waals surface area contributed by atoms with Crippen molar-refractivity contribution in [3.63, 3.8) is 0 Å². The van der Waals surface area contributed by atoms with Crippen LogP contribution < -0.4 is 10.6 Å². The Morgan fingerprint density at radius 1 is 0.460 bits per heavy atom. The standard InChI is InChI=1S/C34H35NO10.C33H35NO8/c1-22(36)43-31-27(30(45-33(31)44-23(2)37)21-41-32(39)26-16-10-5-11-17-26)19-29(38)28(18-24-12-6-3-7-13-24)35-34(40)42-20-25-14-8-4-9-15-25;1-33(2)41-29-25(28(40-31(29)42-33)21-38-30(36)24-16-10-5-11-17-24)19-27(35)26(18-22-12-6-3-7-13-22)34-32(37)39-20-23-14-8-4-9-15-23/h3-17,27-28,30-31,33H,18-21H2,1-2H3,(H,35,40);3-17,25-26,28-29,31H,18-21H2,1-2H3,(H,34,37)/t27-,28-,30+,31?,33-;25-,26-,28+,29?,31+/m00/s1. The molecule has 2 unspecified atom stereocenters. The first kappa shape index (κ1) is 63.9. The van der Waals surface area contributed by atoms with Crippen LogP contribution in [0.5, 0.6) is 0 Å². The third-order valence-corrected chi connectivity index (χ3v) is 14.4. The maximum atomic E-state index is 13.9. The normalized spacial score (nSPS) is 21.2. The highest BCUT2D eigenvalue weighted by Gasteiger charge is 2.56. The number of benzene rings is 6. The average Bonchev–Trinajstić information content (AvgIpc) is 2.27. The fourth-order valence-corrected chi connectivity index (χ4v) is 10.2.